The van der Waals surface area contributed by atoms with Crippen molar-refractivity contribution in [2.75, 3.05) is 26.2 Å². The third-order valence-electron chi connectivity index (χ3n) is 4.30. The first-order valence-corrected chi connectivity index (χ1v) is 7.60. The van der Waals surface area contributed by atoms with Crippen molar-refractivity contribution < 1.29 is 9.53 Å². The minimum absolute atomic E-state index is 0. The van der Waals surface area contributed by atoms with E-state index in [1.807, 2.05) is 4.90 Å². The van der Waals surface area contributed by atoms with Gasteiger partial charge in [-0.2, -0.15) is 0 Å². The number of nitrogens with zero attached hydrogens (tertiary/aromatic N) is 1. The van der Waals surface area contributed by atoms with Gasteiger partial charge in [0.1, 0.15) is 0 Å². The van der Waals surface area contributed by atoms with Crippen molar-refractivity contribution in [1.82, 2.24) is 4.90 Å². The number of rotatable bonds is 7. The van der Waals surface area contributed by atoms with Gasteiger partial charge in [0, 0.05) is 26.2 Å². The SMILES string of the molecule is CCC(CC)(CN)C(=O)N1CCC(OCC(C)C)C1.Cl. The van der Waals surface area contributed by atoms with E-state index in [1.165, 1.54) is 0 Å². The number of hydrogen-bond acceptors (Lipinski definition) is 3. The van der Waals surface area contributed by atoms with Crippen LogP contribution >= 0.6 is 12.4 Å². The Labute approximate surface area is 129 Å². The largest absolute Gasteiger partial charge is 0.376 e. The average molecular weight is 307 g/mol. The maximum absolute atomic E-state index is 12.6. The molecule has 0 aromatic rings. The van der Waals surface area contributed by atoms with E-state index in [4.69, 9.17) is 10.5 Å². The number of carbonyl (C=O) groups is 1. The second-order valence-electron chi connectivity index (χ2n) is 6.08. The summed E-state index contributed by atoms with van der Waals surface area (Å²) in [5.74, 6) is 0.759. The molecule has 1 heterocycles. The van der Waals surface area contributed by atoms with Gasteiger partial charge in [0.05, 0.1) is 11.5 Å². The highest BCUT2D eigenvalue weighted by Gasteiger charge is 2.39. The van der Waals surface area contributed by atoms with Crippen LogP contribution in [0.15, 0.2) is 0 Å². The summed E-state index contributed by atoms with van der Waals surface area (Å²) in [7, 11) is 0. The Hall–Kier alpha value is -0.320. The van der Waals surface area contributed by atoms with E-state index in [2.05, 4.69) is 27.7 Å². The molecule has 1 aliphatic rings. The second kappa shape index (κ2) is 8.85. The van der Waals surface area contributed by atoms with Gasteiger partial charge in [-0.3, -0.25) is 4.79 Å². The van der Waals surface area contributed by atoms with Gasteiger partial charge >= 0.3 is 0 Å². The van der Waals surface area contributed by atoms with Crippen molar-refractivity contribution in [3.8, 4) is 0 Å². The molecule has 1 saturated heterocycles. The van der Waals surface area contributed by atoms with Crippen LogP contribution in [0.4, 0.5) is 0 Å². The number of amides is 1. The number of likely N-dealkylation sites (tertiary alicyclic amines) is 1. The van der Waals surface area contributed by atoms with Crippen molar-refractivity contribution in [3.05, 3.63) is 0 Å². The lowest BCUT2D eigenvalue weighted by Gasteiger charge is -2.33. The van der Waals surface area contributed by atoms with Crippen LogP contribution in [0.1, 0.15) is 47.0 Å². The van der Waals surface area contributed by atoms with Crippen molar-refractivity contribution >= 4 is 18.3 Å². The molecule has 1 rings (SSSR count). The summed E-state index contributed by atoms with van der Waals surface area (Å²) in [5.41, 5.74) is 5.48. The lowest BCUT2D eigenvalue weighted by molar-refractivity contribution is -0.141. The van der Waals surface area contributed by atoms with E-state index in [0.29, 0.717) is 12.5 Å². The molecule has 0 aromatic heterocycles. The van der Waals surface area contributed by atoms with E-state index >= 15 is 0 Å². The molecular formula is C15H31ClN2O2. The van der Waals surface area contributed by atoms with Crippen LogP contribution in [0.25, 0.3) is 0 Å². The van der Waals surface area contributed by atoms with Gasteiger partial charge in [-0.15, -0.1) is 12.4 Å². The van der Waals surface area contributed by atoms with Gasteiger partial charge < -0.3 is 15.4 Å². The Balaban J connectivity index is 0.00000361. The molecule has 4 nitrogen and oxygen atoms in total. The molecule has 5 heteroatoms. The van der Waals surface area contributed by atoms with Crippen molar-refractivity contribution in [1.29, 1.82) is 0 Å². The first kappa shape index (κ1) is 19.7. The highest BCUT2D eigenvalue weighted by atomic mass is 35.5. The Morgan fingerprint density at radius 3 is 2.45 bits per heavy atom. The second-order valence-corrected chi connectivity index (χ2v) is 6.08. The number of nitrogens with two attached hydrogens (primary N) is 1. The molecule has 0 aromatic carbocycles. The van der Waals surface area contributed by atoms with Crippen LogP contribution in [-0.4, -0.2) is 43.2 Å². The lowest BCUT2D eigenvalue weighted by Crippen LogP contribution is -2.47. The average Bonchev–Trinajstić information content (AvgIpc) is 2.87. The predicted octanol–water partition coefficient (Wildman–Crippen LogP) is 2.45. The fraction of sp³-hybridized carbons (Fsp3) is 0.933. The molecule has 1 fully saturated rings. The fourth-order valence-electron chi connectivity index (χ4n) is 2.64. The molecule has 0 aliphatic carbocycles. The first-order chi connectivity index (χ1) is 8.99. The fourth-order valence-corrected chi connectivity index (χ4v) is 2.64. The van der Waals surface area contributed by atoms with E-state index in [1.54, 1.807) is 0 Å². The number of ether oxygens (including phenoxy) is 1. The quantitative estimate of drug-likeness (QED) is 0.786. The van der Waals surface area contributed by atoms with Gasteiger partial charge in [0.25, 0.3) is 0 Å². The topological polar surface area (TPSA) is 55.6 Å². The summed E-state index contributed by atoms with van der Waals surface area (Å²) in [6.45, 7) is 11.1. The Kier molecular flexibility index (Phi) is 8.71. The third kappa shape index (κ3) is 4.61. The molecule has 0 saturated carbocycles. The summed E-state index contributed by atoms with van der Waals surface area (Å²) in [5, 5.41) is 0. The standard InChI is InChI=1S/C15H30N2O2.ClH/c1-5-15(6-2,11-16)14(18)17-8-7-13(9-17)19-10-12(3)4;/h12-13H,5-11,16H2,1-4H3;1H. The molecule has 2 N–H and O–H groups in total. The first-order valence-electron chi connectivity index (χ1n) is 7.60. The molecule has 1 unspecified atom stereocenters. The van der Waals surface area contributed by atoms with Gasteiger partial charge in [-0.25, -0.2) is 0 Å². The molecular weight excluding hydrogens is 276 g/mol. The zero-order valence-electron chi connectivity index (χ0n) is 13.4. The number of hydrogen-bond donors (Lipinski definition) is 1. The summed E-state index contributed by atoms with van der Waals surface area (Å²) in [6, 6.07) is 0. The van der Waals surface area contributed by atoms with Crippen LogP contribution in [0, 0.1) is 11.3 Å². The van der Waals surface area contributed by atoms with Crippen LogP contribution in [0.5, 0.6) is 0 Å². The Bertz CT molecular complexity index is 285. The van der Waals surface area contributed by atoms with E-state index in [0.717, 1.165) is 39.0 Å². The Morgan fingerprint density at radius 2 is 2.00 bits per heavy atom. The molecule has 1 aliphatic heterocycles. The maximum Gasteiger partial charge on any atom is 0.230 e. The molecule has 1 amide bonds. The molecule has 0 radical (unpaired) electrons. The molecule has 1 atom stereocenters. The molecule has 20 heavy (non-hydrogen) atoms. The van der Waals surface area contributed by atoms with Gasteiger partial charge in [-0.1, -0.05) is 27.7 Å². The molecule has 0 bridgehead atoms. The monoisotopic (exact) mass is 306 g/mol. The maximum atomic E-state index is 12.6. The zero-order chi connectivity index (χ0) is 14.5. The van der Waals surface area contributed by atoms with E-state index in [9.17, 15) is 4.79 Å². The van der Waals surface area contributed by atoms with Gasteiger partial charge in [0.2, 0.25) is 5.91 Å². The highest BCUT2D eigenvalue weighted by molar-refractivity contribution is 5.85. The molecule has 120 valence electrons. The number of carbonyl (C=O) groups excluding carboxylic acids is 1. The third-order valence-corrected chi connectivity index (χ3v) is 4.30. The Morgan fingerprint density at radius 1 is 1.40 bits per heavy atom. The zero-order valence-corrected chi connectivity index (χ0v) is 14.2. The van der Waals surface area contributed by atoms with Crippen LogP contribution < -0.4 is 5.73 Å². The number of halogens is 1. The summed E-state index contributed by atoms with van der Waals surface area (Å²) in [6.07, 6.45) is 2.78. The van der Waals surface area contributed by atoms with Gasteiger partial charge in [0.15, 0.2) is 0 Å². The summed E-state index contributed by atoms with van der Waals surface area (Å²) >= 11 is 0. The predicted molar refractivity (Wildman–Crippen MR) is 85.1 cm³/mol. The summed E-state index contributed by atoms with van der Waals surface area (Å²) in [4.78, 5) is 14.6. The van der Waals surface area contributed by atoms with Crippen LogP contribution in [0.2, 0.25) is 0 Å². The minimum atomic E-state index is -0.368. The van der Waals surface area contributed by atoms with Crippen LogP contribution in [0.3, 0.4) is 0 Å². The highest BCUT2D eigenvalue weighted by Crippen LogP contribution is 2.29. The molecule has 0 spiro atoms. The smallest absolute Gasteiger partial charge is 0.230 e. The van der Waals surface area contributed by atoms with Crippen molar-refractivity contribution in [2.24, 2.45) is 17.1 Å². The van der Waals surface area contributed by atoms with Gasteiger partial charge in [-0.05, 0) is 25.2 Å². The minimum Gasteiger partial charge on any atom is -0.376 e. The van der Waals surface area contributed by atoms with Crippen LogP contribution in [-0.2, 0) is 9.53 Å². The summed E-state index contributed by atoms with van der Waals surface area (Å²) < 4.78 is 5.83. The lowest BCUT2D eigenvalue weighted by atomic mass is 9.81. The normalized spacial score (nSPS) is 19.3. The van der Waals surface area contributed by atoms with Crippen molar-refractivity contribution in [2.45, 2.75) is 53.1 Å². The van der Waals surface area contributed by atoms with E-state index in [-0.39, 0.29) is 29.8 Å². The van der Waals surface area contributed by atoms with E-state index < -0.39 is 0 Å². The van der Waals surface area contributed by atoms with Crippen molar-refractivity contribution in [3.63, 3.8) is 0 Å².